The predicted octanol–water partition coefficient (Wildman–Crippen LogP) is 4.96. The van der Waals surface area contributed by atoms with Gasteiger partial charge in [0.25, 0.3) is 0 Å². The fourth-order valence-corrected chi connectivity index (χ4v) is 2.20. The van der Waals surface area contributed by atoms with Crippen LogP contribution in [0.1, 0.15) is 30.5 Å². The molecule has 0 aliphatic heterocycles. The van der Waals surface area contributed by atoms with Gasteiger partial charge in [0.15, 0.2) is 0 Å². The molecule has 2 rings (SSSR count). The third-order valence-corrected chi connectivity index (χ3v) is 3.60. The van der Waals surface area contributed by atoms with E-state index < -0.39 is 0 Å². The molecule has 0 saturated carbocycles. The zero-order valence-corrected chi connectivity index (χ0v) is 12.8. The first-order valence-corrected chi connectivity index (χ1v) is 7.19. The zero-order chi connectivity index (χ0) is 13.8. The summed E-state index contributed by atoms with van der Waals surface area (Å²) in [6.45, 7) is 4.11. The highest BCUT2D eigenvalue weighted by molar-refractivity contribution is 9.10. The molecule has 2 N–H and O–H groups in total. The van der Waals surface area contributed by atoms with Gasteiger partial charge < -0.3 is 10.5 Å². The minimum Gasteiger partial charge on any atom is -0.457 e. The monoisotopic (exact) mass is 319 g/mol. The molecular weight excluding hydrogens is 302 g/mol. The minimum atomic E-state index is 0.0622. The fourth-order valence-electron chi connectivity index (χ4n) is 1.86. The van der Waals surface area contributed by atoms with Crippen LogP contribution >= 0.6 is 15.9 Å². The number of hydrogen-bond acceptors (Lipinski definition) is 2. The van der Waals surface area contributed by atoms with E-state index >= 15 is 0 Å². The fraction of sp³-hybridized carbons (Fsp3) is 0.250. The molecule has 3 heteroatoms. The second kappa shape index (κ2) is 6.22. The van der Waals surface area contributed by atoms with Crippen LogP contribution in [0.3, 0.4) is 0 Å². The first-order valence-electron chi connectivity index (χ1n) is 6.39. The van der Waals surface area contributed by atoms with E-state index in [-0.39, 0.29) is 6.04 Å². The van der Waals surface area contributed by atoms with Crippen LogP contribution in [-0.2, 0) is 0 Å². The van der Waals surface area contributed by atoms with Crippen LogP contribution in [0.5, 0.6) is 11.5 Å². The van der Waals surface area contributed by atoms with E-state index in [2.05, 4.69) is 22.9 Å². The molecular formula is C16H18BrNO. The molecule has 2 nitrogen and oxygen atoms in total. The van der Waals surface area contributed by atoms with Crippen LogP contribution in [0, 0.1) is 6.92 Å². The smallest absolute Gasteiger partial charge is 0.131 e. The summed E-state index contributed by atoms with van der Waals surface area (Å²) in [6, 6.07) is 14.0. The lowest BCUT2D eigenvalue weighted by Gasteiger charge is -2.13. The number of rotatable bonds is 4. The van der Waals surface area contributed by atoms with Crippen LogP contribution in [0.4, 0.5) is 0 Å². The third-order valence-electron chi connectivity index (χ3n) is 3.10. The molecule has 2 aromatic rings. The van der Waals surface area contributed by atoms with E-state index in [1.165, 1.54) is 0 Å². The van der Waals surface area contributed by atoms with Crippen LogP contribution in [0.25, 0.3) is 0 Å². The summed E-state index contributed by atoms with van der Waals surface area (Å²) in [5.74, 6) is 1.68. The van der Waals surface area contributed by atoms with Crippen molar-refractivity contribution >= 4 is 15.9 Å². The van der Waals surface area contributed by atoms with Gasteiger partial charge in [-0.1, -0.05) is 41.1 Å². The Labute approximate surface area is 122 Å². The van der Waals surface area contributed by atoms with Gasteiger partial charge in [-0.25, -0.2) is 0 Å². The molecule has 0 radical (unpaired) electrons. The van der Waals surface area contributed by atoms with Gasteiger partial charge in [0.05, 0.1) is 0 Å². The van der Waals surface area contributed by atoms with E-state index in [4.69, 9.17) is 10.5 Å². The molecule has 1 atom stereocenters. The molecule has 1 unspecified atom stereocenters. The van der Waals surface area contributed by atoms with Gasteiger partial charge in [0.2, 0.25) is 0 Å². The summed E-state index contributed by atoms with van der Waals surface area (Å²) in [5, 5.41) is 0. The van der Waals surface area contributed by atoms with Crippen LogP contribution in [0.2, 0.25) is 0 Å². The molecule has 2 aromatic carbocycles. The number of aryl methyl sites for hydroxylation is 1. The molecule has 0 fully saturated rings. The molecule has 0 aliphatic carbocycles. The molecule has 0 saturated heterocycles. The molecule has 0 aromatic heterocycles. The molecule has 19 heavy (non-hydrogen) atoms. The quantitative estimate of drug-likeness (QED) is 0.864. The lowest BCUT2D eigenvalue weighted by molar-refractivity contribution is 0.477. The highest BCUT2D eigenvalue weighted by Gasteiger charge is 2.06. The summed E-state index contributed by atoms with van der Waals surface area (Å²) in [4.78, 5) is 0. The van der Waals surface area contributed by atoms with E-state index in [1.54, 1.807) is 0 Å². The summed E-state index contributed by atoms with van der Waals surface area (Å²) >= 11 is 3.46. The number of hydrogen-bond donors (Lipinski definition) is 1. The van der Waals surface area contributed by atoms with E-state index in [0.29, 0.717) is 0 Å². The number of halogens is 1. The molecule has 0 aliphatic rings. The maximum absolute atomic E-state index is 6.05. The van der Waals surface area contributed by atoms with Gasteiger partial charge in [-0.05, 0) is 48.7 Å². The molecule has 100 valence electrons. The highest BCUT2D eigenvalue weighted by Crippen LogP contribution is 2.29. The maximum atomic E-state index is 6.05. The van der Waals surface area contributed by atoms with Crippen molar-refractivity contribution in [2.75, 3.05) is 0 Å². The van der Waals surface area contributed by atoms with Crippen molar-refractivity contribution in [3.05, 3.63) is 58.1 Å². The topological polar surface area (TPSA) is 35.2 Å². The highest BCUT2D eigenvalue weighted by atomic mass is 79.9. The van der Waals surface area contributed by atoms with E-state index in [9.17, 15) is 0 Å². The second-order valence-corrected chi connectivity index (χ2v) is 5.51. The average Bonchev–Trinajstić information content (AvgIpc) is 2.42. The Morgan fingerprint density at radius 3 is 2.74 bits per heavy atom. The molecule has 0 bridgehead atoms. The molecule has 0 amide bonds. The normalized spacial score (nSPS) is 12.2. The first-order chi connectivity index (χ1) is 9.10. The van der Waals surface area contributed by atoms with E-state index in [0.717, 1.165) is 33.5 Å². The zero-order valence-electron chi connectivity index (χ0n) is 11.2. The van der Waals surface area contributed by atoms with E-state index in [1.807, 2.05) is 49.4 Å². The Bertz CT molecular complexity index is 568. The van der Waals surface area contributed by atoms with Crippen molar-refractivity contribution in [3.63, 3.8) is 0 Å². The van der Waals surface area contributed by atoms with Crippen molar-refractivity contribution in [3.8, 4) is 11.5 Å². The van der Waals surface area contributed by atoms with Crippen LogP contribution < -0.4 is 10.5 Å². The van der Waals surface area contributed by atoms with Crippen LogP contribution in [-0.4, -0.2) is 0 Å². The second-order valence-electron chi connectivity index (χ2n) is 4.60. The first kappa shape index (κ1) is 14.1. The van der Waals surface area contributed by atoms with Gasteiger partial charge in [-0.15, -0.1) is 0 Å². The predicted molar refractivity (Wildman–Crippen MR) is 82.6 cm³/mol. The minimum absolute atomic E-state index is 0.0622. The van der Waals surface area contributed by atoms with Gasteiger partial charge >= 0.3 is 0 Å². The Kier molecular flexibility index (Phi) is 4.61. The van der Waals surface area contributed by atoms with Crippen molar-refractivity contribution in [1.82, 2.24) is 0 Å². The van der Waals surface area contributed by atoms with Crippen LogP contribution in [0.15, 0.2) is 46.9 Å². The summed E-state index contributed by atoms with van der Waals surface area (Å²) < 4.78 is 6.95. The maximum Gasteiger partial charge on any atom is 0.131 e. The SMILES string of the molecule is CCC(N)c1cccc(Oc2cc(Br)ccc2C)c1. The van der Waals surface area contributed by atoms with Crippen molar-refractivity contribution in [2.24, 2.45) is 5.73 Å². The number of benzene rings is 2. The third kappa shape index (κ3) is 3.58. The summed E-state index contributed by atoms with van der Waals surface area (Å²) in [5.41, 5.74) is 8.26. The Balaban J connectivity index is 2.26. The molecule has 0 heterocycles. The van der Waals surface area contributed by atoms with Gasteiger partial charge in [0, 0.05) is 10.5 Å². The Morgan fingerprint density at radius 2 is 2.00 bits per heavy atom. The summed E-state index contributed by atoms with van der Waals surface area (Å²) in [7, 11) is 0. The van der Waals surface area contributed by atoms with Gasteiger partial charge in [-0.2, -0.15) is 0 Å². The largest absolute Gasteiger partial charge is 0.457 e. The Morgan fingerprint density at radius 1 is 1.21 bits per heavy atom. The summed E-state index contributed by atoms with van der Waals surface area (Å²) in [6.07, 6.45) is 0.916. The molecule has 0 spiro atoms. The number of nitrogens with two attached hydrogens (primary N) is 1. The van der Waals surface area contributed by atoms with Crippen molar-refractivity contribution in [1.29, 1.82) is 0 Å². The number of ether oxygens (including phenoxy) is 1. The standard InChI is InChI=1S/C16H18BrNO/c1-3-15(18)12-5-4-6-14(9-12)19-16-10-13(17)8-7-11(16)2/h4-10,15H,3,18H2,1-2H3. The average molecular weight is 320 g/mol. The lowest BCUT2D eigenvalue weighted by Crippen LogP contribution is -2.08. The van der Waals surface area contributed by atoms with Gasteiger partial charge in [0.1, 0.15) is 11.5 Å². The Hall–Kier alpha value is -1.32. The van der Waals surface area contributed by atoms with Crippen molar-refractivity contribution < 1.29 is 4.74 Å². The van der Waals surface area contributed by atoms with Crippen molar-refractivity contribution in [2.45, 2.75) is 26.3 Å². The van der Waals surface area contributed by atoms with Gasteiger partial charge in [-0.3, -0.25) is 0 Å². The lowest BCUT2D eigenvalue weighted by atomic mass is 10.1.